The second-order valence-electron chi connectivity index (χ2n) is 4.27. The molecule has 0 radical (unpaired) electrons. The van der Waals surface area contributed by atoms with Gasteiger partial charge >= 0.3 is 0 Å². The van der Waals surface area contributed by atoms with E-state index in [1.54, 1.807) is 0 Å². The van der Waals surface area contributed by atoms with Gasteiger partial charge in [0.05, 0.1) is 11.5 Å². The lowest BCUT2D eigenvalue weighted by Crippen LogP contribution is -2.26. The molecular formula is C13H16N2O3S. The first-order chi connectivity index (χ1) is 9.04. The maximum absolute atomic E-state index is 12.3. The first kappa shape index (κ1) is 13.8. The number of sulfonamides is 1. The summed E-state index contributed by atoms with van der Waals surface area (Å²) >= 11 is 0. The van der Waals surface area contributed by atoms with Crippen LogP contribution in [-0.2, 0) is 23.2 Å². The third kappa shape index (κ3) is 3.04. The van der Waals surface area contributed by atoms with Gasteiger partial charge in [0.25, 0.3) is 0 Å². The number of hydrogen-bond donors (Lipinski definition) is 2. The molecule has 6 heteroatoms. The van der Waals surface area contributed by atoms with Crippen LogP contribution in [0.3, 0.4) is 0 Å². The van der Waals surface area contributed by atoms with E-state index in [1.807, 2.05) is 30.3 Å². The second kappa shape index (κ2) is 5.56. The van der Waals surface area contributed by atoms with Gasteiger partial charge in [-0.3, -0.25) is 0 Å². The highest BCUT2D eigenvalue weighted by Crippen LogP contribution is 2.17. The molecule has 0 amide bonds. The number of benzene rings is 1. The maximum atomic E-state index is 12.3. The molecule has 0 aliphatic heterocycles. The zero-order valence-corrected chi connectivity index (χ0v) is 11.4. The standard InChI is InChI=1S/C13H16N2O3S/c1-15(9-11-5-3-2-4-6-11)19(17,18)13-7-12(10-16)14-8-13/h2-8,14,16H,9-10H2,1H3. The van der Waals surface area contributed by atoms with E-state index in [9.17, 15) is 8.42 Å². The lowest BCUT2D eigenvalue weighted by Gasteiger charge is -2.16. The third-order valence-electron chi connectivity index (χ3n) is 2.84. The average Bonchev–Trinajstić information content (AvgIpc) is 2.89. The summed E-state index contributed by atoms with van der Waals surface area (Å²) in [6.07, 6.45) is 1.39. The lowest BCUT2D eigenvalue weighted by molar-refractivity contribution is 0.277. The molecule has 0 atom stereocenters. The number of aliphatic hydroxyl groups is 1. The van der Waals surface area contributed by atoms with Gasteiger partial charge < -0.3 is 10.1 Å². The molecule has 5 nitrogen and oxygen atoms in total. The van der Waals surface area contributed by atoms with Crippen molar-refractivity contribution < 1.29 is 13.5 Å². The van der Waals surface area contributed by atoms with Gasteiger partial charge in [0.1, 0.15) is 0 Å². The molecule has 1 aromatic heterocycles. The Bertz CT molecular complexity index is 635. The number of hydrogen-bond acceptors (Lipinski definition) is 3. The highest BCUT2D eigenvalue weighted by molar-refractivity contribution is 7.89. The number of nitrogens with one attached hydrogen (secondary N) is 1. The van der Waals surface area contributed by atoms with Crippen molar-refractivity contribution in [3.8, 4) is 0 Å². The SMILES string of the molecule is CN(Cc1ccccc1)S(=O)(=O)c1c[nH]c(CO)c1. The van der Waals surface area contributed by atoms with Crippen molar-refractivity contribution in [3.05, 3.63) is 53.9 Å². The van der Waals surface area contributed by atoms with Crippen molar-refractivity contribution >= 4 is 10.0 Å². The molecule has 102 valence electrons. The van der Waals surface area contributed by atoms with Gasteiger partial charge in [0.15, 0.2) is 0 Å². The minimum atomic E-state index is -3.54. The molecule has 1 aromatic carbocycles. The van der Waals surface area contributed by atoms with Crippen molar-refractivity contribution in [2.24, 2.45) is 0 Å². The van der Waals surface area contributed by atoms with Gasteiger partial charge in [-0.25, -0.2) is 8.42 Å². The van der Waals surface area contributed by atoms with E-state index in [-0.39, 0.29) is 11.5 Å². The zero-order valence-electron chi connectivity index (χ0n) is 10.6. The fourth-order valence-corrected chi connectivity index (χ4v) is 2.94. The molecule has 0 unspecified atom stereocenters. The highest BCUT2D eigenvalue weighted by atomic mass is 32.2. The Labute approximate surface area is 112 Å². The Balaban J connectivity index is 2.19. The highest BCUT2D eigenvalue weighted by Gasteiger charge is 2.22. The quantitative estimate of drug-likeness (QED) is 0.867. The molecule has 0 saturated heterocycles. The number of rotatable bonds is 5. The minimum Gasteiger partial charge on any atom is -0.390 e. The Morgan fingerprint density at radius 3 is 2.53 bits per heavy atom. The molecule has 0 aliphatic rings. The van der Waals surface area contributed by atoms with E-state index in [1.165, 1.54) is 23.6 Å². The molecule has 0 aliphatic carbocycles. The first-order valence-corrected chi connectivity index (χ1v) is 7.26. The van der Waals surface area contributed by atoms with E-state index in [2.05, 4.69) is 4.98 Å². The van der Waals surface area contributed by atoms with Crippen molar-refractivity contribution in [1.82, 2.24) is 9.29 Å². The van der Waals surface area contributed by atoms with Crippen molar-refractivity contribution in [2.45, 2.75) is 18.0 Å². The van der Waals surface area contributed by atoms with Crippen molar-refractivity contribution in [1.29, 1.82) is 0 Å². The van der Waals surface area contributed by atoms with Crippen LogP contribution in [0.4, 0.5) is 0 Å². The van der Waals surface area contributed by atoms with Crippen LogP contribution in [-0.4, -0.2) is 29.9 Å². The molecule has 2 N–H and O–H groups in total. The van der Waals surface area contributed by atoms with E-state index < -0.39 is 10.0 Å². The van der Waals surface area contributed by atoms with E-state index in [0.717, 1.165) is 5.56 Å². The Hall–Kier alpha value is -1.63. The summed E-state index contributed by atoms with van der Waals surface area (Å²) in [6, 6.07) is 10.8. The maximum Gasteiger partial charge on any atom is 0.244 e. The van der Waals surface area contributed by atoms with Gasteiger partial charge in [0.2, 0.25) is 10.0 Å². The fraction of sp³-hybridized carbons (Fsp3) is 0.231. The monoisotopic (exact) mass is 280 g/mol. The predicted molar refractivity (Wildman–Crippen MR) is 71.8 cm³/mol. The van der Waals surface area contributed by atoms with E-state index >= 15 is 0 Å². The Morgan fingerprint density at radius 2 is 1.95 bits per heavy atom. The summed E-state index contributed by atoms with van der Waals surface area (Å²) in [7, 11) is -2.00. The second-order valence-corrected chi connectivity index (χ2v) is 6.31. The molecule has 2 rings (SSSR count). The van der Waals surface area contributed by atoms with Crippen LogP contribution in [0.15, 0.2) is 47.5 Å². The van der Waals surface area contributed by atoms with Gasteiger partial charge in [0, 0.05) is 25.5 Å². The fourth-order valence-electron chi connectivity index (χ4n) is 1.76. The normalized spacial score (nSPS) is 11.9. The van der Waals surface area contributed by atoms with Gasteiger partial charge in [-0.05, 0) is 11.6 Å². The Morgan fingerprint density at radius 1 is 1.26 bits per heavy atom. The largest absolute Gasteiger partial charge is 0.390 e. The van der Waals surface area contributed by atoms with Crippen LogP contribution >= 0.6 is 0 Å². The zero-order chi connectivity index (χ0) is 13.9. The summed E-state index contributed by atoms with van der Waals surface area (Å²) in [4.78, 5) is 2.89. The van der Waals surface area contributed by atoms with Crippen molar-refractivity contribution in [3.63, 3.8) is 0 Å². The molecule has 19 heavy (non-hydrogen) atoms. The summed E-state index contributed by atoms with van der Waals surface area (Å²) in [5.74, 6) is 0. The molecule has 0 spiro atoms. The van der Waals surface area contributed by atoms with Crippen LogP contribution in [0, 0.1) is 0 Å². The number of aliphatic hydroxyl groups excluding tert-OH is 1. The van der Waals surface area contributed by atoms with Crippen LogP contribution in [0.5, 0.6) is 0 Å². The summed E-state index contributed by atoms with van der Waals surface area (Å²) < 4.78 is 25.9. The molecule has 1 heterocycles. The molecular weight excluding hydrogens is 264 g/mol. The number of aromatic amines is 1. The lowest BCUT2D eigenvalue weighted by atomic mass is 10.2. The summed E-state index contributed by atoms with van der Waals surface area (Å²) in [6.45, 7) is 0.0979. The number of H-pyrrole nitrogens is 1. The van der Waals surface area contributed by atoms with Gasteiger partial charge in [-0.1, -0.05) is 30.3 Å². The number of aromatic nitrogens is 1. The van der Waals surface area contributed by atoms with Crippen LogP contribution in [0.1, 0.15) is 11.3 Å². The molecule has 0 fully saturated rings. The average molecular weight is 280 g/mol. The Kier molecular flexibility index (Phi) is 4.04. The number of nitrogens with zero attached hydrogens (tertiary/aromatic N) is 1. The van der Waals surface area contributed by atoms with E-state index in [0.29, 0.717) is 12.2 Å². The molecule has 0 bridgehead atoms. The summed E-state index contributed by atoms with van der Waals surface area (Å²) in [5, 5.41) is 8.95. The minimum absolute atomic E-state index is 0.162. The smallest absolute Gasteiger partial charge is 0.244 e. The first-order valence-electron chi connectivity index (χ1n) is 5.82. The topological polar surface area (TPSA) is 73.4 Å². The van der Waals surface area contributed by atoms with Crippen molar-refractivity contribution in [2.75, 3.05) is 7.05 Å². The molecule has 2 aromatic rings. The van der Waals surface area contributed by atoms with Gasteiger partial charge in [-0.15, -0.1) is 0 Å². The summed E-state index contributed by atoms with van der Waals surface area (Å²) in [5.41, 5.74) is 1.40. The van der Waals surface area contributed by atoms with Gasteiger partial charge in [-0.2, -0.15) is 4.31 Å². The predicted octanol–water partition coefficient (Wildman–Crippen LogP) is 1.33. The van der Waals surface area contributed by atoms with Crippen LogP contribution in [0.2, 0.25) is 0 Å². The third-order valence-corrected chi connectivity index (χ3v) is 4.62. The van der Waals surface area contributed by atoms with E-state index in [4.69, 9.17) is 5.11 Å². The molecule has 0 saturated carbocycles. The van der Waals surface area contributed by atoms with Crippen LogP contribution < -0.4 is 0 Å². The van der Waals surface area contributed by atoms with Crippen LogP contribution in [0.25, 0.3) is 0 Å².